The fourth-order valence-electron chi connectivity index (χ4n) is 10.4. The molecule has 8 aromatic carbocycles. The predicted octanol–water partition coefficient (Wildman–Crippen LogP) is 16.7. The summed E-state index contributed by atoms with van der Waals surface area (Å²) in [7, 11) is 0. The molecule has 2 atom stereocenters. The largest absolute Gasteiger partial charge is 0.310 e. The highest BCUT2D eigenvalue weighted by Gasteiger charge is 2.36. The van der Waals surface area contributed by atoms with Crippen LogP contribution in [0.5, 0.6) is 0 Å². The van der Waals surface area contributed by atoms with Crippen LogP contribution in [0.4, 0.5) is 17.1 Å². The Morgan fingerprint density at radius 1 is 0.443 bits per heavy atom. The molecule has 294 valence electrons. The Morgan fingerprint density at radius 3 is 1.82 bits per heavy atom. The first-order valence-corrected chi connectivity index (χ1v) is 22.2. The molecule has 0 saturated heterocycles. The second kappa shape index (κ2) is 16.2. The van der Waals surface area contributed by atoms with E-state index in [2.05, 4.69) is 223 Å². The summed E-state index contributed by atoms with van der Waals surface area (Å²) in [6.45, 7) is 0. The van der Waals surface area contributed by atoms with Gasteiger partial charge in [-0.3, -0.25) is 0 Å². The zero-order chi connectivity index (χ0) is 40.5. The van der Waals surface area contributed by atoms with Crippen molar-refractivity contribution in [3.8, 4) is 33.4 Å². The van der Waals surface area contributed by atoms with Crippen molar-refractivity contribution in [2.45, 2.75) is 38.0 Å². The van der Waals surface area contributed by atoms with Gasteiger partial charge in [-0.2, -0.15) is 0 Å². The van der Waals surface area contributed by atoms with Crippen LogP contribution in [0.3, 0.4) is 0 Å². The van der Waals surface area contributed by atoms with E-state index >= 15 is 0 Å². The van der Waals surface area contributed by atoms with Crippen molar-refractivity contribution in [1.82, 2.24) is 0 Å². The lowest BCUT2D eigenvalue weighted by Gasteiger charge is -2.39. The number of rotatable bonds is 8. The fraction of sp³-hybridized carbons (Fsp3) is 0.133. The number of fused-ring (bicyclic) bond motifs is 3. The van der Waals surface area contributed by atoms with E-state index in [-0.39, 0.29) is 5.92 Å². The summed E-state index contributed by atoms with van der Waals surface area (Å²) >= 11 is 0. The smallest absolute Gasteiger partial charge is 0.0499 e. The van der Waals surface area contributed by atoms with Crippen molar-refractivity contribution < 1.29 is 0 Å². The van der Waals surface area contributed by atoms with Gasteiger partial charge in [-0.15, -0.1) is 0 Å². The average Bonchev–Trinajstić information content (AvgIpc) is 3.34. The van der Waals surface area contributed by atoms with E-state index in [0.29, 0.717) is 11.8 Å². The third-order valence-corrected chi connectivity index (χ3v) is 13.5. The molecular weight excluding hydrogens is 735 g/mol. The number of benzene rings is 8. The zero-order valence-electron chi connectivity index (χ0n) is 34.5. The van der Waals surface area contributed by atoms with Crippen LogP contribution in [0.25, 0.3) is 54.9 Å². The number of anilines is 3. The number of para-hydroxylation sites is 1. The summed E-state index contributed by atoms with van der Waals surface area (Å²) in [5, 5.41) is 5.07. The molecule has 0 amide bonds. The van der Waals surface area contributed by atoms with Gasteiger partial charge in [0, 0.05) is 28.9 Å². The average molecular weight is 784 g/mol. The second-order valence-electron chi connectivity index (χ2n) is 17.1. The standard InChI is InChI=1S/C60H49N/c1-2-14-47(15-3-1)56-24-11-19-49-20-12-25-58(60(49)56)57-22-8-9-26-59(57)61(53-39-35-45(36-40-53)51-32-29-42-13-4-5-17-50(42)41-51)52-37-33-44(34-38-52)43-27-30-48(31-28-43)55-23-10-18-46-16-6-7-21-54(46)55/h4-13,16-41,47,58,60H,1-3,14-15H2. The van der Waals surface area contributed by atoms with Crippen LogP contribution in [0.1, 0.15) is 43.6 Å². The molecule has 61 heavy (non-hydrogen) atoms. The number of allylic oxidation sites excluding steroid dienone is 8. The molecule has 1 saturated carbocycles. The molecule has 0 aliphatic heterocycles. The van der Waals surface area contributed by atoms with Gasteiger partial charge < -0.3 is 4.90 Å². The monoisotopic (exact) mass is 783 g/mol. The fourth-order valence-corrected chi connectivity index (χ4v) is 10.4. The summed E-state index contributed by atoms with van der Waals surface area (Å²) in [5.41, 5.74) is 15.3. The highest BCUT2D eigenvalue weighted by atomic mass is 15.1. The Hall–Kier alpha value is -6.96. The highest BCUT2D eigenvalue weighted by molar-refractivity contribution is 5.97. The van der Waals surface area contributed by atoms with Gasteiger partial charge in [0.05, 0.1) is 0 Å². The van der Waals surface area contributed by atoms with Crippen molar-refractivity contribution in [2.75, 3.05) is 4.90 Å². The second-order valence-corrected chi connectivity index (χ2v) is 17.1. The van der Waals surface area contributed by atoms with E-state index in [1.807, 2.05) is 0 Å². The van der Waals surface area contributed by atoms with Gasteiger partial charge in [0.15, 0.2) is 0 Å². The van der Waals surface area contributed by atoms with E-state index in [1.54, 1.807) is 5.57 Å². The topological polar surface area (TPSA) is 3.24 Å². The van der Waals surface area contributed by atoms with Gasteiger partial charge in [0.1, 0.15) is 0 Å². The molecule has 1 heteroatoms. The molecule has 3 aliphatic rings. The van der Waals surface area contributed by atoms with Crippen molar-refractivity contribution in [3.63, 3.8) is 0 Å². The lowest BCUT2D eigenvalue weighted by molar-refractivity contribution is 0.373. The van der Waals surface area contributed by atoms with Gasteiger partial charge in [0.2, 0.25) is 0 Å². The number of hydrogen-bond acceptors (Lipinski definition) is 1. The van der Waals surface area contributed by atoms with Crippen molar-refractivity contribution >= 4 is 38.6 Å². The van der Waals surface area contributed by atoms with E-state index in [9.17, 15) is 0 Å². The molecule has 0 N–H and O–H groups in total. The molecule has 0 aromatic heterocycles. The van der Waals surface area contributed by atoms with Gasteiger partial charge in [-0.25, -0.2) is 0 Å². The lowest BCUT2D eigenvalue weighted by Crippen LogP contribution is -2.26. The first-order valence-electron chi connectivity index (χ1n) is 22.2. The lowest BCUT2D eigenvalue weighted by atomic mass is 9.66. The van der Waals surface area contributed by atoms with Gasteiger partial charge >= 0.3 is 0 Å². The van der Waals surface area contributed by atoms with Crippen molar-refractivity contribution in [1.29, 1.82) is 0 Å². The predicted molar refractivity (Wildman–Crippen MR) is 260 cm³/mol. The number of nitrogens with zero attached hydrogens (tertiary/aromatic N) is 1. The molecule has 0 bridgehead atoms. The molecule has 1 nitrogen and oxygen atoms in total. The Labute approximate surface area is 360 Å². The van der Waals surface area contributed by atoms with E-state index in [1.165, 1.54) is 104 Å². The molecule has 0 spiro atoms. The normalized spacial score (nSPS) is 17.5. The summed E-state index contributed by atoms with van der Waals surface area (Å²) in [6.07, 6.45) is 20.9. The minimum atomic E-state index is 0.230. The first kappa shape index (κ1) is 37.1. The third kappa shape index (κ3) is 7.15. The van der Waals surface area contributed by atoms with E-state index in [0.717, 1.165) is 11.4 Å². The third-order valence-electron chi connectivity index (χ3n) is 13.5. The van der Waals surface area contributed by atoms with Crippen LogP contribution >= 0.6 is 0 Å². The molecule has 2 unspecified atom stereocenters. The van der Waals surface area contributed by atoms with Gasteiger partial charge in [-0.1, -0.05) is 207 Å². The molecule has 8 aromatic rings. The van der Waals surface area contributed by atoms with E-state index < -0.39 is 0 Å². The van der Waals surface area contributed by atoms with Gasteiger partial charge in [0.25, 0.3) is 0 Å². The summed E-state index contributed by atoms with van der Waals surface area (Å²) in [6, 6.07) is 67.2. The van der Waals surface area contributed by atoms with Crippen molar-refractivity contribution in [2.24, 2.45) is 11.8 Å². The Balaban J connectivity index is 0.976. The summed E-state index contributed by atoms with van der Waals surface area (Å²) < 4.78 is 0. The summed E-state index contributed by atoms with van der Waals surface area (Å²) in [4.78, 5) is 2.49. The SMILES string of the molecule is C1=CC2=CC=CC(c3ccccc3N(c3ccc(-c4ccc(-c5cccc6ccccc56)cc4)cc3)c3ccc(-c4ccc5ccccc5c4)cc3)C2C(C2CCCCC2)=C1. The maximum absolute atomic E-state index is 2.49. The Morgan fingerprint density at radius 2 is 1.05 bits per heavy atom. The minimum absolute atomic E-state index is 0.230. The van der Waals surface area contributed by atoms with Gasteiger partial charge in [-0.05, 0) is 121 Å². The molecule has 11 rings (SSSR count). The number of hydrogen-bond donors (Lipinski definition) is 0. The minimum Gasteiger partial charge on any atom is -0.310 e. The molecule has 1 fully saturated rings. The van der Waals surface area contributed by atoms with Crippen LogP contribution in [0, 0.1) is 11.8 Å². The van der Waals surface area contributed by atoms with Crippen LogP contribution in [0.15, 0.2) is 230 Å². The van der Waals surface area contributed by atoms with Crippen molar-refractivity contribution in [3.05, 3.63) is 235 Å². The highest BCUT2D eigenvalue weighted by Crippen LogP contribution is 2.50. The maximum atomic E-state index is 2.49. The Kier molecular flexibility index (Phi) is 9.87. The quantitative estimate of drug-likeness (QED) is 0.148. The van der Waals surface area contributed by atoms with E-state index in [4.69, 9.17) is 0 Å². The zero-order valence-corrected chi connectivity index (χ0v) is 34.5. The van der Waals surface area contributed by atoms with Crippen LogP contribution in [0.2, 0.25) is 0 Å². The molecular formula is C60H49N. The molecule has 0 heterocycles. The summed E-state index contributed by atoms with van der Waals surface area (Å²) in [5.74, 6) is 1.23. The van der Waals surface area contributed by atoms with Crippen LogP contribution < -0.4 is 4.90 Å². The van der Waals surface area contributed by atoms with Crippen LogP contribution in [-0.2, 0) is 0 Å². The molecule has 3 aliphatic carbocycles. The molecule has 0 radical (unpaired) electrons. The van der Waals surface area contributed by atoms with Crippen LogP contribution in [-0.4, -0.2) is 0 Å². The Bertz CT molecular complexity index is 2980. The maximum Gasteiger partial charge on any atom is 0.0499 e. The first-order chi connectivity index (χ1) is 30.2.